The van der Waals surface area contributed by atoms with E-state index < -0.39 is 10.0 Å². The van der Waals surface area contributed by atoms with E-state index in [1.54, 1.807) is 4.31 Å². The first-order valence-corrected chi connectivity index (χ1v) is 10.6. The molecule has 1 aromatic rings. The second-order valence-electron chi connectivity index (χ2n) is 6.46. The highest BCUT2D eigenvalue weighted by Crippen LogP contribution is 2.42. The quantitative estimate of drug-likeness (QED) is 0.834. The molecule has 0 amide bonds. The minimum absolute atomic E-state index is 0.0840. The summed E-state index contributed by atoms with van der Waals surface area (Å²) < 4.78 is 26.7. The van der Waals surface area contributed by atoms with E-state index in [4.69, 9.17) is 0 Å². The minimum atomic E-state index is -3.19. The van der Waals surface area contributed by atoms with Gasteiger partial charge in [-0.1, -0.05) is 28.1 Å². The molecule has 5 nitrogen and oxygen atoms in total. The van der Waals surface area contributed by atoms with E-state index in [9.17, 15) is 13.5 Å². The van der Waals surface area contributed by atoms with Gasteiger partial charge in [0.25, 0.3) is 0 Å². The summed E-state index contributed by atoms with van der Waals surface area (Å²) in [5.41, 5.74) is 1.17. The average molecular weight is 403 g/mol. The molecule has 0 radical (unpaired) electrons. The van der Waals surface area contributed by atoms with Crippen LogP contribution in [0.1, 0.15) is 24.3 Å². The maximum atomic E-state index is 12.0. The first kappa shape index (κ1) is 17.4. The summed E-state index contributed by atoms with van der Waals surface area (Å²) >= 11 is 3.45. The number of aliphatic hydroxyl groups excluding tert-OH is 1. The first-order chi connectivity index (χ1) is 10.9. The van der Waals surface area contributed by atoms with E-state index in [0.717, 1.165) is 23.9 Å². The zero-order valence-corrected chi connectivity index (χ0v) is 15.6. The fourth-order valence-corrected chi connectivity index (χ4v) is 5.04. The SMILES string of the molecule is CS(=O)(=O)N1CCCCN2[C@H](CO)[C@H](c3ccc(Br)cc3)[C@@H]2C1. The van der Waals surface area contributed by atoms with Gasteiger partial charge in [0.05, 0.1) is 12.9 Å². The highest BCUT2D eigenvalue weighted by atomic mass is 79.9. The molecule has 23 heavy (non-hydrogen) atoms. The van der Waals surface area contributed by atoms with Gasteiger partial charge in [-0.25, -0.2) is 12.7 Å². The maximum absolute atomic E-state index is 12.0. The molecule has 2 heterocycles. The van der Waals surface area contributed by atoms with Crippen molar-refractivity contribution < 1.29 is 13.5 Å². The predicted molar refractivity (Wildman–Crippen MR) is 93.9 cm³/mol. The molecule has 0 bridgehead atoms. The zero-order chi connectivity index (χ0) is 16.6. The monoisotopic (exact) mass is 402 g/mol. The molecule has 1 N–H and O–H groups in total. The lowest BCUT2D eigenvalue weighted by Crippen LogP contribution is -2.67. The van der Waals surface area contributed by atoms with Gasteiger partial charge in [-0.15, -0.1) is 0 Å². The fraction of sp³-hybridized carbons (Fsp3) is 0.625. The first-order valence-electron chi connectivity index (χ1n) is 7.99. The Balaban J connectivity index is 1.88. The third-order valence-corrected chi connectivity index (χ3v) is 6.85. The molecule has 2 saturated heterocycles. The van der Waals surface area contributed by atoms with E-state index in [-0.39, 0.29) is 24.6 Å². The number of rotatable bonds is 3. The lowest BCUT2D eigenvalue weighted by Gasteiger charge is -2.57. The van der Waals surface area contributed by atoms with Crippen LogP contribution in [0, 0.1) is 0 Å². The second-order valence-corrected chi connectivity index (χ2v) is 9.36. The summed E-state index contributed by atoms with van der Waals surface area (Å²) in [6, 6.07) is 8.37. The van der Waals surface area contributed by atoms with Crippen LogP contribution in [-0.2, 0) is 10.0 Å². The molecule has 2 aliphatic rings. The van der Waals surface area contributed by atoms with E-state index >= 15 is 0 Å². The third kappa shape index (κ3) is 3.49. The van der Waals surface area contributed by atoms with Crippen molar-refractivity contribution in [3.63, 3.8) is 0 Å². The molecule has 7 heteroatoms. The topological polar surface area (TPSA) is 60.9 Å². The van der Waals surface area contributed by atoms with Gasteiger partial charge in [0.15, 0.2) is 0 Å². The van der Waals surface area contributed by atoms with Crippen LogP contribution >= 0.6 is 15.9 Å². The van der Waals surface area contributed by atoms with E-state index in [2.05, 4.69) is 33.0 Å². The standard InChI is InChI=1S/C16H23BrN2O3S/c1-23(21,22)18-8-2-3-9-19-14(10-18)16(15(19)11-20)12-4-6-13(17)7-5-12/h4-7,14-16,20H,2-3,8-11H2,1H3/t14-,15+,16+/m0/s1. The minimum Gasteiger partial charge on any atom is -0.395 e. The average Bonchev–Trinajstić information content (AvgIpc) is 2.46. The van der Waals surface area contributed by atoms with Gasteiger partial charge in [-0.3, -0.25) is 4.90 Å². The number of hydrogen-bond acceptors (Lipinski definition) is 4. The van der Waals surface area contributed by atoms with Crippen LogP contribution in [0.25, 0.3) is 0 Å². The predicted octanol–water partition coefficient (Wildman–Crippen LogP) is 1.63. The van der Waals surface area contributed by atoms with Crippen LogP contribution < -0.4 is 0 Å². The Kier molecular flexibility index (Phi) is 5.13. The van der Waals surface area contributed by atoms with Crippen molar-refractivity contribution in [1.82, 2.24) is 9.21 Å². The van der Waals surface area contributed by atoms with Gasteiger partial charge in [0.2, 0.25) is 10.0 Å². The number of nitrogens with zero attached hydrogens (tertiary/aromatic N) is 2. The van der Waals surface area contributed by atoms with Crippen LogP contribution in [0.15, 0.2) is 28.7 Å². The molecule has 0 saturated carbocycles. The van der Waals surface area contributed by atoms with Crippen molar-refractivity contribution in [2.45, 2.75) is 30.8 Å². The smallest absolute Gasteiger partial charge is 0.211 e. The molecule has 2 aliphatic heterocycles. The summed E-state index contributed by atoms with van der Waals surface area (Å²) in [7, 11) is -3.19. The number of halogens is 1. The Labute approximate surface area is 146 Å². The molecule has 3 atom stereocenters. The lowest BCUT2D eigenvalue weighted by molar-refractivity contribution is -0.0553. The lowest BCUT2D eigenvalue weighted by atomic mass is 9.74. The highest BCUT2D eigenvalue weighted by molar-refractivity contribution is 9.10. The summed E-state index contributed by atoms with van der Waals surface area (Å²) in [6.45, 7) is 2.15. The number of benzene rings is 1. The number of aliphatic hydroxyl groups is 1. The Morgan fingerprint density at radius 1 is 1.22 bits per heavy atom. The summed E-state index contributed by atoms with van der Waals surface area (Å²) in [6.07, 6.45) is 3.12. The normalized spacial score (nSPS) is 30.1. The molecule has 0 aromatic heterocycles. The molecule has 2 fully saturated rings. The summed E-state index contributed by atoms with van der Waals surface area (Å²) in [5.74, 6) is 0.176. The highest BCUT2D eigenvalue weighted by Gasteiger charge is 2.49. The summed E-state index contributed by atoms with van der Waals surface area (Å²) in [4.78, 5) is 2.28. The van der Waals surface area contributed by atoms with Crippen LogP contribution in [0.5, 0.6) is 0 Å². The Bertz CT molecular complexity index is 650. The van der Waals surface area contributed by atoms with Crippen molar-refractivity contribution in [1.29, 1.82) is 0 Å². The van der Waals surface area contributed by atoms with E-state index in [0.29, 0.717) is 13.1 Å². The van der Waals surface area contributed by atoms with Crippen molar-refractivity contribution in [2.24, 2.45) is 0 Å². The van der Waals surface area contributed by atoms with Gasteiger partial charge < -0.3 is 5.11 Å². The number of fused-ring (bicyclic) bond motifs is 1. The molecular weight excluding hydrogens is 380 g/mol. The Hall–Kier alpha value is -0.470. The molecule has 0 aliphatic carbocycles. The number of hydrogen-bond donors (Lipinski definition) is 1. The maximum Gasteiger partial charge on any atom is 0.211 e. The van der Waals surface area contributed by atoms with Gasteiger partial charge >= 0.3 is 0 Å². The second kappa shape index (κ2) is 6.80. The zero-order valence-electron chi connectivity index (χ0n) is 13.2. The van der Waals surface area contributed by atoms with Gasteiger partial charge in [0.1, 0.15) is 0 Å². The van der Waals surface area contributed by atoms with Crippen molar-refractivity contribution >= 4 is 26.0 Å². The van der Waals surface area contributed by atoms with Crippen LogP contribution in [0.2, 0.25) is 0 Å². The molecule has 1 aromatic carbocycles. The van der Waals surface area contributed by atoms with Crippen LogP contribution in [0.3, 0.4) is 0 Å². The van der Waals surface area contributed by atoms with Gasteiger partial charge in [-0.2, -0.15) is 0 Å². The molecule has 0 spiro atoms. The third-order valence-electron chi connectivity index (χ3n) is 5.06. The molecular formula is C16H23BrN2O3S. The van der Waals surface area contributed by atoms with Gasteiger partial charge in [-0.05, 0) is 37.1 Å². The van der Waals surface area contributed by atoms with Crippen molar-refractivity contribution in [3.8, 4) is 0 Å². The molecule has 128 valence electrons. The van der Waals surface area contributed by atoms with E-state index in [1.165, 1.54) is 11.8 Å². The van der Waals surface area contributed by atoms with Crippen molar-refractivity contribution in [3.05, 3.63) is 34.3 Å². The largest absolute Gasteiger partial charge is 0.395 e. The van der Waals surface area contributed by atoms with Crippen LogP contribution in [0.4, 0.5) is 0 Å². The molecule has 0 unspecified atom stereocenters. The Morgan fingerprint density at radius 2 is 1.87 bits per heavy atom. The molecule has 3 rings (SSSR count). The van der Waals surface area contributed by atoms with Gasteiger partial charge in [0, 0.05) is 35.6 Å². The van der Waals surface area contributed by atoms with Crippen LogP contribution in [-0.4, -0.2) is 67.3 Å². The summed E-state index contributed by atoms with van der Waals surface area (Å²) in [5, 5.41) is 9.82. The fourth-order valence-electron chi connectivity index (χ4n) is 3.89. The number of sulfonamides is 1. The van der Waals surface area contributed by atoms with E-state index in [1.807, 2.05) is 12.1 Å². The van der Waals surface area contributed by atoms with Crippen molar-refractivity contribution in [2.75, 3.05) is 32.5 Å². The Morgan fingerprint density at radius 3 is 2.48 bits per heavy atom.